The Labute approximate surface area is 107 Å². The van der Waals surface area contributed by atoms with Crippen molar-refractivity contribution < 1.29 is 0 Å². The molecule has 0 aliphatic heterocycles. The Bertz CT molecular complexity index is 480. The smallest absolute Gasteiger partial charge is 0.0851 e. The van der Waals surface area contributed by atoms with Crippen LogP contribution in [-0.2, 0) is 19.3 Å². The van der Waals surface area contributed by atoms with Crippen molar-refractivity contribution in [1.82, 2.24) is 4.98 Å². The van der Waals surface area contributed by atoms with Crippen molar-refractivity contribution in [2.45, 2.75) is 19.3 Å². The predicted octanol–water partition coefficient (Wildman–Crippen LogP) is 3.18. The van der Waals surface area contributed by atoms with Gasteiger partial charge in [0.15, 0.2) is 0 Å². The summed E-state index contributed by atoms with van der Waals surface area (Å²) in [4.78, 5) is 14.4. The largest absolute Gasteiger partial charge is 0.261 e. The summed E-state index contributed by atoms with van der Waals surface area (Å²) in [7, 11) is 0. The summed E-state index contributed by atoms with van der Waals surface area (Å²) in [6.07, 6.45) is 4.49. The molecule has 1 aromatic heterocycles. The molecule has 0 saturated carbocycles. The molecule has 0 saturated heterocycles. The molecule has 3 heteroatoms. The van der Waals surface area contributed by atoms with Crippen molar-refractivity contribution in [2.75, 3.05) is 6.54 Å². The van der Waals surface area contributed by atoms with Gasteiger partial charge in [-0.25, -0.2) is 0 Å². The number of rotatable bonds is 6. The van der Waals surface area contributed by atoms with Crippen molar-refractivity contribution in [3.05, 3.63) is 70.4 Å². The first kappa shape index (κ1) is 12.4. The number of nitroso groups, excluding NO2 is 1. The summed E-state index contributed by atoms with van der Waals surface area (Å²) in [6.45, 7) is 0.354. The van der Waals surface area contributed by atoms with Gasteiger partial charge >= 0.3 is 0 Å². The molecule has 3 nitrogen and oxygen atoms in total. The number of nitrogens with zero attached hydrogens (tertiary/aromatic N) is 2. The normalized spacial score (nSPS) is 10.2. The van der Waals surface area contributed by atoms with Crippen LogP contribution in [0.4, 0.5) is 0 Å². The van der Waals surface area contributed by atoms with E-state index in [0.717, 1.165) is 30.5 Å². The fourth-order valence-corrected chi connectivity index (χ4v) is 1.87. The van der Waals surface area contributed by atoms with Crippen LogP contribution < -0.4 is 0 Å². The number of hydrogen-bond donors (Lipinski definition) is 0. The van der Waals surface area contributed by atoms with Gasteiger partial charge in [0, 0.05) is 11.9 Å². The first-order valence-corrected chi connectivity index (χ1v) is 6.15. The first-order valence-electron chi connectivity index (χ1n) is 6.15. The molecule has 0 aliphatic rings. The fourth-order valence-electron chi connectivity index (χ4n) is 1.87. The summed E-state index contributed by atoms with van der Waals surface area (Å²) >= 11 is 0. The zero-order valence-corrected chi connectivity index (χ0v) is 10.2. The van der Waals surface area contributed by atoms with E-state index in [4.69, 9.17) is 0 Å². The average Bonchev–Trinajstić information content (AvgIpc) is 2.45. The summed E-state index contributed by atoms with van der Waals surface area (Å²) in [5.41, 5.74) is 3.58. The second kappa shape index (κ2) is 6.64. The molecule has 18 heavy (non-hydrogen) atoms. The van der Waals surface area contributed by atoms with Gasteiger partial charge in [-0.3, -0.25) is 4.98 Å². The lowest BCUT2D eigenvalue weighted by molar-refractivity contribution is 0.908. The SMILES string of the molecule is O=NCCc1ccc(CCc2ccccn2)cc1. The molecule has 0 atom stereocenters. The Morgan fingerprint density at radius 3 is 2.22 bits per heavy atom. The minimum atomic E-state index is 0.354. The Balaban J connectivity index is 1.88. The highest BCUT2D eigenvalue weighted by molar-refractivity contribution is 5.23. The highest BCUT2D eigenvalue weighted by atomic mass is 16.3. The molecule has 0 spiro atoms. The van der Waals surface area contributed by atoms with Gasteiger partial charge in [-0.2, -0.15) is 4.91 Å². The minimum absolute atomic E-state index is 0.354. The van der Waals surface area contributed by atoms with Crippen molar-refractivity contribution >= 4 is 0 Å². The Hall–Kier alpha value is -2.03. The third-order valence-corrected chi connectivity index (χ3v) is 2.91. The highest BCUT2D eigenvalue weighted by Gasteiger charge is 1.97. The predicted molar refractivity (Wildman–Crippen MR) is 72.5 cm³/mol. The molecule has 0 bridgehead atoms. The van der Waals surface area contributed by atoms with Gasteiger partial charge in [0.1, 0.15) is 0 Å². The van der Waals surface area contributed by atoms with Crippen molar-refractivity contribution in [2.24, 2.45) is 5.18 Å². The van der Waals surface area contributed by atoms with Crippen molar-refractivity contribution in [3.63, 3.8) is 0 Å². The summed E-state index contributed by atoms with van der Waals surface area (Å²) < 4.78 is 0. The van der Waals surface area contributed by atoms with Crippen molar-refractivity contribution in [3.8, 4) is 0 Å². The van der Waals surface area contributed by atoms with Gasteiger partial charge in [0.2, 0.25) is 0 Å². The lowest BCUT2D eigenvalue weighted by Gasteiger charge is -2.03. The van der Waals surface area contributed by atoms with Crippen LogP contribution in [-0.4, -0.2) is 11.5 Å². The van der Waals surface area contributed by atoms with Crippen LogP contribution in [0.3, 0.4) is 0 Å². The molecular weight excluding hydrogens is 224 g/mol. The van der Waals surface area contributed by atoms with Crippen LogP contribution in [0.15, 0.2) is 53.8 Å². The molecule has 0 radical (unpaired) electrons. The molecule has 92 valence electrons. The van der Waals surface area contributed by atoms with E-state index in [9.17, 15) is 4.91 Å². The van der Waals surface area contributed by atoms with Gasteiger partial charge in [0.25, 0.3) is 0 Å². The number of pyridine rings is 1. The van der Waals surface area contributed by atoms with Gasteiger partial charge in [0.05, 0.1) is 6.54 Å². The van der Waals surface area contributed by atoms with Crippen LogP contribution in [0.1, 0.15) is 16.8 Å². The monoisotopic (exact) mass is 240 g/mol. The third-order valence-electron chi connectivity index (χ3n) is 2.91. The second-order valence-corrected chi connectivity index (χ2v) is 4.24. The summed E-state index contributed by atoms with van der Waals surface area (Å²) in [5, 5.41) is 2.87. The van der Waals surface area contributed by atoms with Gasteiger partial charge in [-0.15, -0.1) is 0 Å². The van der Waals surface area contributed by atoms with Gasteiger partial charge in [-0.1, -0.05) is 35.5 Å². The zero-order valence-electron chi connectivity index (χ0n) is 10.2. The molecule has 0 fully saturated rings. The van der Waals surface area contributed by atoms with Crippen LogP contribution in [0.2, 0.25) is 0 Å². The quantitative estimate of drug-likeness (QED) is 0.728. The molecule has 2 aromatic rings. The number of benzene rings is 1. The standard InChI is InChI=1S/C15H16N2O/c18-17-12-10-14-6-4-13(5-7-14)8-9-15-3-1-2-11-16-15/h1-7,11H,8-10,12H2. The number of aryl methyl sites for hydroxylation is 2. The molecule has 0 unspecified atom stereocenters. The Kier molecular flexibility index (Phi) is 4.59. The molecular formula is C15H16N2O. The van der Waals surface area contributed by atoms with E-state index in [0.29, 0.717) is 6.54 Å². The Morgan fingerprint density at radius 2 is 1.61 bits per heavy atom. The maximum atomic E-state index is 10.0. The molecule has 0 aliphatic carbocycles. The van der Waals surface area contributed by atoms with Gasteiger partial charge < -0.3 is 0 Å². The molecule has 0 amide bonds. The number of hydrogen-bond acceptors (Lipinski definition) is 3. The average molecular weight is 240 g/mol. The topological polar surface area (TPSA) is 42.3 Å². The van der Waals surface area contributed by atoms with Crippen LogP contribution in [0.25, 0.3) is 0 Å². The van der Waals surface area contributed by atoms with E-state index in [1.165, 1.54) is 5.56 Å². The highest BCUT2D eigenvalue weighted by Crippen LogP contribution is 2.08. The second-order valence-electron chi connectivity index (χ2n) is 4.24. The fraction of sp³-hybridized carbons (Fsp3) is 0.267. The van der Waals surface area contributed by atoms with E-state index < -0.39 is 0 Å². The van der Waals surface area contributed by atoms with E-state index in [2.05, 4.69) is 34.4 Å². The lowest BCUT2D eigenvalue weighted by atomic mass is 10.0. The van der Waals surface area contributed by atoms with E-state index in [-0.39, 0.29) is 0 Å². The van der Waals surface area contributed by atoms with Crippen molar-refractivity contribution in [1.29, 1.82) is 0 Å². The minimum Gasteiger partial charge on any atom is -0.261 e. The Morgan fingerprint density at radius 1 is 0.889 bits per heavy atom. The zero-order chi connectivity index (χ0) is 12.6. The van der Waals surface area contributed by atoms with Crippen LogP contribution >= 0.6 is 0 Å². The van der Waals surface area contributed by atoms with Crippen LogP contribution in [0, 0.1) is 4.91 Å². The van der Waals surface area contributed by atoms with E-state index in [1.807, 2.05) is 24.4 Å². The summed E-state index contributed by atoms with van der Waals surface area (Å²) in [5.74, 6) is 0. The first-order chi connectivity index (χ1) is 8.88. The molecule has 2 rings (SSSR count). The lowest BCUT2D eigenvalue weighted by Crippen LogP contribution is -1.94. The molecule has 1 aromatic carbocycles. The van der Waals surface area contributed by atoms with E-state index >= 15 is 0 Å². The van der Waals surface area contributed by atoms with Crippen LogP contribution in [0.5, 0.6) is 0 Å². The molecule has 0 N–H and O–H groups in total. The third kappa shape index (κ3) is 3.77. The summed E-state index contributed by atoms with van der Waals surface area (Å²) in [6, 6.07) is 14.4. The number of aromatic nitrogens is 1. The maximum absolute atomic E-state index is 10.0. The van der Waals surface area contributed by atoms with E-state index in [1.54, 1.807) is 0 Å². The maximum Gasteiger partial charge on any atom is 0.0851 e. The molecule has 1 heterocycles. The van der Waals surface area contributed by atoms with Gasteiger partial charge in [-0.05, 0) is 42.5 Å².